The molecule has 0 atom stereocenters. The lowest BCUT2D eigenvalue weighted by molar-refractivity contribution is 0.245. The van der Waals surface area contributed by atoms with Gasteiger partial charge in [-0.25, -0.2) is 17.9 Å². The molecule has 30 heavy (non-hydrogen) atoms. The minimum absolute atomic E-state index is 0.00549. The van der Waals surface area contributed by atoms with Gasteiger partial charge in [0, 0.05) is 6.54 Å². The van der Waals surface area contributed by atoms with Crippen molar-refractivity contribution in [2.24, 2.45) is 0 Å². The predicted octanol–water partition coefficient (Wildman–Crippen LogP) is 4.23. The average Bonchev–Trinajstić information content (AvgIpc) is 2.74. The summed E-state index contributed by atoms with van der Waals surface area (Å²) in [6.07, 6.45) is 4.00. The van der Waals surface area contributed by atoms with Crippen molar-refractivity contribution >= 4 is 16.1 Å². The Bertz CT molecular complexity index is 881. The van der Waals surface area contributed by atoms with Gasteiger partial charge in [0.05, 0.1) is 18.1 Å². The fourth-order valence-electron chi connectivity index (χ4n) is 2.49. The molecule has 0 aliphatic carbocycles. The molecule has 2 aromatic rings. The molecule has 0 saturated carbocycles. The smallest absolute Gasteiger partial charge is 0.328 e. The van der Waals surface area contributed by atoms with E-state index in [9.17, 15) is 13.2 Å². The molecule has 0 aliphatic heterocycles. The third kappa shape index (κ3) is 7.94. The standard InChI is InChI=1S/C22H30N2O5S/c1-3-5-15-28-19-9-7-18(8-10-19)17-23-22(25)24-30(26,27)21-13-11-20(12-14-21)29-16-6-4-2/h7-14H,3-6,15-17H2,1-2H3,(H2,23,24,25). The van der Waals surface area contributed by atoms with Crippen molar-refractivity contribution in [2.45, 2.75) is 51.0 Å². The SMILES string of the molecule is CCCCOc1ccc(CNC(=O)NS(=O)(=O)c2ccc(OCCCC)cc2)cc1. The minimum Gasteiger partial charge on any atom is -0.494 e. The molecule has 0 bridgehead atoms. The van der Waals surface area contributed by atoms with Crippen LogP contribution in [0.4, 0.5) is 4.79 Å². The van der Waals surface area contributed by atoms with Crippen molar-refractivity contribution in [3.05, 3.63) is 54.1 Å². The molecule has 0 radical (unpaired) electrons. The molecule has 2 amide bonds. The molecule has 0 aromatic heterocycles. The van der Waals surface area contributed by atoms with E-state index in [1.54, 1.807) is 12.1 Å². The summed E-state index contributed by atoms with van der Waals surface area (Å²) in [4.78, 5) is 12.0. The number of sulfonamides is 1. The minimum atomic E-state index is -3.96. The van der Waals surface area contributed by atoms with Crippen LogP contribution in [0, 0.1) is 0 Å². The number of nitrogens with one attached hydrogen (secondary N) is 2. The molecule has 164 valence electrons. The number of carbonyl (C=O) groups excluding carboxylic acids is 1. The van der Waals surface area contributed by atoms with Gasteiger partial charge in [-0.3, -0.25) is 0 Å². The van der Waals surface area contributed by atoms with Crippen LogP contribution < -0.4 is 19.5 Å². The van der Waals surface area contributed by atoms with Gasteiger partial charge >= 0.3 is 6.03 Å². The Hall–Kier alpha value is -2.74. The van der Waals surface area contributed by atoms with Gasteiger partial charge in [0.2, 0.25) is 0 Å². The number of rotatable bonds is 12. The van der Waals surface area contributed by atoms with Crippen molar-refractivity contribution in [3.8, 4) is 11.5 Å². The van der Waals surface area contributed by atoms with Gasteiger partial charge < -0.3 is 14.8 Å². The maximum atomic E-state index is 12.4. The van der Waals surface area contributed by atoms with E-state index in [2.05, 4.69) is 19.2 Å². The lowest BCUT2D eigenvalue weighted by Crippen LogP contribution is -2.39. The molecule has 2 rings (SSSR count). The van der Waals surface area contributed by atoms with Crippen molar-refractivity contribution in [1.29, 1.82) is 0 Å². The Morgan fingerprint density at radius 2 is 1.33 bits per heavy atom. The number of carbonyl (C=O) groups is 1. The first-order chi connectivity index (χ1) is 14.4. The molecule has 0 fully saturated rings. The Morgan fingerprint density at radius 1 is 0.833 bits per heavy atom. The third-order valence-electron chi connectivity index (χ3n) is 4.27. The van der Waals surface area contributed by atoms with Crippen molar-refractivity contribution in [3.63, 3.8) is 0 Å². The fraction of sp³-hybridized carbons (Fsp3) is 0.409. The first-order valence-electron chi connectivity index (χ1n) is 10.2. The highest BCUT2D eigenvalue weighted by molar-refractivity contribution is 7.90. The zero-order valence-corrected chi connectivity index (χ0v) is 18.3. The second kappa shape index (κ2) is 12.1. The van der Waals surface area contributed by atoms with Gasteiger partial charge in [0.15, 0.2) is 0 Å². The van der Waals surface area contributed by atoms with E-state index >= 15 is 0 Å². The molecule has 8 heteroatoms. The maximum absolute atomic E-state index is 12.4. The number of unbranched alkanes of at least 4 members (excludes halogenated alkanes) is 2. The van der Waals surface area contributed by atoms with Crippen LogP contribution in [0.25, 0.3) is 0 Å². The highest BCUT2D eigenvalue weighted by Gasteiger charge is 2.17. The largest absolute Gasteiger partial charge is 0.494 e. The first-order valence-corrected chi connectivity index (χ1v) is 11.7. The zero-order chi connectivity index (χ0) is 21.8. The van der Waals surface area contributed by atoms with Crippen molar-refractivity contribution in [2.75, 3.05) is 13.2 Å². The lowest BCUT2D eigenvalue weighted by atomic mass is 10.2. The monoisotopic (exact) mass is 434 g/mol. The Labute approximate surface area is 178 Å². The van der Waals surface area contributed by atoms with Crippen LogP contribution in [-0.2, 0) is 16.6 Å². The van der Waals surface area contributed by atoms with E-state index in [0.717, 1.165) is 37.0 Å². The molecule has 0 heterocycles. The van der Waals surface area contributed by atoms with Gasteiger partial charge in [-0.1, -0.05) is 38.8 Å². The molecule has 0 spiro atoms. The molecule has 0 saturated heterocycles. The Morgan fingerprint density at radius 3 is 1.83 bits per heavy atom. The number of hydrogen-bond acceptors (Lipinski definition) is 5. The van der Waals surface area contributed by atoms with E-state index in [0.29, 0.717) is 19.0 Å². The maximum Gasteiger partial charge on any atom is 0.328 e. The molecular formula is C22H30N2O5S. The molecule has 2 N–H and O–H groups in total. The second-order valence-electron chi connectivity index (χ2n) is 6.81. The molecule has 2 aromatic carbocycles. The third-order valence-corrected chi connectivity index (χ3v) is 5.62. The number of ether oxygens (including phenoxy) is 2. The number of urea groups is 1. The Balaban J connectivity index is 1.83. The number of amides is 2. The van der Waals surface area contributed by atoms with Gasteiger partial charge in [0.1, 0.15) is 11.5 Å². The summed E-state index contributed by atoms with van der Waals surface area (Å²) in [6, 6.07) is 12.5. The number of hydrogen-bond donors (Lipinski definition) is 2. The molecule has 7 nitrogen and oxygen atoms in total. The van der Waals surface area contributed by atoms with Gasteiger partial charge in [0.25, 0.3) is 10.0 Å². The molecule has 0 unspecified atom stereocenters. The fourth-order valence-corrected chi connectivity index (χ4v) is 3.42. The molecule has 0 aliphatic rings. The summed E-state index contributed by atoms with van der Waals surface area (Å²) < 4.78 is 37.9. The lowest BCUT2D eigenvalue weighted by Gasteiger charge is -2.10. The van der Waals surface area contributed by atoms with E-state index in [1.807, 2.05) is 29.0 Å². The molecular weight excluding hydrogens is 404 g/mol. The highest BCUT2D eigenvalue weighted by Crippen LogP contribution is 2.16. The Kier molecular flexibility index (Phi) is 9.47. The first kappa shape index (κ1) is 23.5. The van der Waals surface area contributed by atoms with Crippen LogP contribution in [0.5, 0.6) is 11.5 Å². The van der Waals surface area contributed by atoms with Gasteiger partial charge in [-0.15, -0.1) is 0 Å². The van der Waals surface area contributed by atoms with Crippen LogP contribution >= 0.6 is 0 Å². The van der Waals surface area contributed by atoms with Crippen LogP contribution in [0.1, 0.15) is 45.1 Å². The zero-order valence-electron chi connectivity index (χ0n) is 17.5. The van der Waals surface area contributed by atoms with Gasteiger partial charge in [-0.2, -0.15) is 0 Å². The predicted molar refractivity (Wildman–Crippen MR) is 116 cm³/mol. The van der Waals surface area contributed by atoms with Crippen molar-refractivity contribution in [1.82, 2.24) is 10.0 Å². The number of benzene rings is 2. The highest BCUT2D eigenvalue weighted by atomic mass is 32.2. The average molecular weight is 435 g/mol. The summed E-state index contributed by atoms with van der Waals surface area (Å²) in [6.45, 7) is 5.60. The van der Waals surface area contributed by atoms with E-state index in [1.165, 1.54) is 12.1 Å². The second-order valence-corrected chi connectivity index (χ2v) is 8.49. The summed E-state index contributed by atoms with van der Waals surface area (Å²) in [5.41, 5.74) is 0.832. The van der Waals surface area contributed by atoms with Gasteiger partial charge in [-0.05, 0) is 54.8 Å². The topological polar surface area (TPSA) is 93.7 Å². The van der Waals surface area contributed by atoms with Crippen LogP contribution in [0.15, 0.2) is 53.4 Å². The quantitative estimate of drug-likeness (QED) is 0.488. The normalized spacial score (nSPS) is 11.0. The summed E-state index contributed by atoms with van der Waals surface area (Å²) in [7, 11) is -3.96. The van der Waals surface area contributed by atoms with Crippen LogP contribution in [0.2, 0.25) is 0 Å². The summed E-state index contributed by atoms with van der Waals surface area (Å²) in [5.74, 6) is 1.36. The van der Waals surface area contributed by atoms with E-state index < -0.39 is 16.1 Å². The van der Waals surface area contributed by atoms with Crippen LogP contribution in [-0.4, -0.2) is 27.7 Å². The summed E-state index contributed by atoms with van der Waals surface area (Å²) in [5, 5.41) is 2.55. The van der Waals surface area contributed by atoms with Crippen molar-refractivity contribution < 1.29 is 22.7 Å². The van der Waals surface area contributed by atoms with E-state index in [-0.39, 0.29) is 11.4 Å². The van der Waals surface area contributed by atoms with E-state index in [4.69, 9.17) is 9.47 Å². The summed E-state index contributed by atoms with van der Waals surface area (Å²) >= 11 is 0. The van der Waals surface area contributed by atoms with Crippen LogP contribution in [0.3, 0.4) is 0 Å².